The molecule has 0 aliphatic rings. The van der Waals surface area contributed by atoms with Gasteiger partial charge in [0.15, 0.2) is 5.75 Å². The maximum atomic E-state index is 10.3. The van der Waals surface area contributed by atoms with E-state index in [9.17, 15) is 4.79 Å². The maximum Gasteiger partial charge on any atom is 0.237 e. The van der Waals surface area contributed by atoms with E-state index in [1.807, 2.05) is 0 Å². The second-order valence-electron chi connectivity index (χ2n) is 1.92. The highest BCUT2D eigenvalue weighted by Gasteiger charge is 2.02. The van der Waals surface area contributed by atoms with Crippen molar-refractivity contribution in [3.63, 3.8) is 0 Å². The lowest BCUT2D eigenvalue weighted by Crippen LogP contribution is -1.97. The highest BCUT2D eigenvalue weighted by Crippen LogP contribution is 2.15. The lowest BCUT2D eigenvalue weighted by Gasteiger charge is -2.01. The van der Waals surface area contributed by atoms with E-state index < -0.39 is 0 Å². The summed E-state index contributed by atoms with van der Waals surface area (Å²) in [5.74, 6) is 0.273. The Hall–Kier alpha value is -1.39. The normalized spacial score (nSPS) is 9.42. The fourth-order valence-electron chi connectivity index (χ4n) is 0.694. The van der Waals surface area contributed by atoms with Crippen molar-refractivity contribution in [2.45, 2.75) is 0 Å². The topological polar surface area (TPSA) is 44.8 Å². The van der Waals surface area contributed by atoms with Gasteiger partial charge in [-0.3, -0.25) is 4.79 Å². The molecule has 0 fully saturated rings. The molecule has 0 bridgehead atoms. The summed E-state index contributed by atoms with van der Waals surface area (Å²) in [6.07, 6.45) is 1.69. The van der Waals surface area contributed by atoms with E-state index in [2.05, 4.69) is 14.8 Å². The molecule has 0 N–H and O–H groups in total. The molecule has 63 valence electrons. The summed E-state index contributed by atoms with van der Waals surface area (Å²) in [5, 5.41) is 4.18. The molecule has 1 rings (SSSR count). The Morgan fingerprint density at radius 3 is 2.75 bits per heavy atom. The van der Waals surface area contributed by atoms with Crippen LogP contribution in [0.2, 0.25) is 0 Å². The number of hydrogen-bond donors (Lipinski definition) is 0. The van der Waals surface area contributed by atoms with Crippen LogP contribution in [0.1, 0.15) is 5.56 Å². The molecule has 0 saturated carbocycles. The van der Waals surface area contributed by atoms with Gasteiger partial charge in [0, 0.05) is 0 Å². The largest absolute Gasteiger partial charge is 0.308 e. The van der Waals surface area contributed by atoms with Crippen molar-refractivity contribution in [3.8, 4) is 5.75 Å². The molecule has 1 radical (unpaired) electrons. The maximum absolute atomic E-state index is 10.3. The van der Waals surface area contributed by atoms with Gasteiger partial charge in [0.2, 0.25) is 6.29 Å². The average molecular weight is 167 g/mol. The Labute approximate surface area is 69.5 Å². The molecule has 0 aliphatic heterocycles. The first-order chi connectivity index (χ1) is 5.88. The third-order valence-electron chi connectivity index (χ3n) is 1.19. The third-order valence-corrected chi connectivity index (χ3v) is 1.19. The second kappa shape index (κ2) is 4.48. The molecule has 1 aromatic rings. The summed E-state index contributed by atoms with van der Waals surface area (Å²) in [4.78, 5) is 19.1. The summed E-state index contributed by atoms with van der Waals surface area (Å²) >= 11 is 0. The van der Waals surface area contributed by atoms with Crippen LogP contribution in [0.3, 0.4) is 0 Å². The van der Waals surface area contributed by atoms with E-state index >= 15 is 0 Å². The van der Waals surface area contributed by atoms with Gasteiger partial charge in [0.25, 0.3) is 0 Å². The van der Waals surface area contributed by atoms with E-state index in [-0.39, 0.29) is 11.3 Å². The van der Waals surface area contributed by atoms with Crippen LogP contribution >= 0.6 is 0 Å². The molecule has 4 nitrogen and oxygen atoms in total. The van der Waals surface area contributed by atoms with Gasteiger partial charge in [-0.05, 0) is 17.2 Å². The summed E-state index contributed by atoms with van der Waals surface area (Å²) in [5.41, 5.74) is 0.287. The van der Waals surface area contributed by atoms with Gasteiger partial charge in [-0.1, -0.05) is 12.1 Å². The van der Waals surface area contributed by atoms with Gasteiger partial charge < -0.3 is 4.89 Å². The number of para-hydroxylation sites is 1. The number of hydrogen-bond acceptors (Lipinski definition) is 4. The molecule has 0 heterocycles. The minimum atomic E-state index is 0.273. The van der Waals surface area contributed by atoms with Crippen LogP contribution in [0, 0.1) is 0 Å². The van der Waals surface area contributed by atoms with Crippen molar-refractivity contribution in [2.24, 2.45) is 0 Å². The summed E-state index contributed by atoms with van der Waals surface area (Å²) in [6, 6.07) is 6.52. The van der Waals surface area contributed by atoms with Crippen LogP contribution in [0.4, 0.5) is 0 Å². The highest BCUT2D eigenvalue weighted by atomic mass is 17.5. The Kier molecular flexibility index (Phi) is 3.25. The molecular weight excluding hydrogens is 160 g/mol. The van der Waals surface area contributed by atoms with Crippen LogP contribution in [-0.4, -0.2) is 13.4 Å². The predicted octanol–water partition coefficient (Wildman–Crippen LogP) is 1.02. The smallest absolute Gasteiger partial charge is 0.237 e. The highest BCUT2D eigenvalue weighted by molar-refractivity contribution is 5.79. The summed E-state index contributed by atoms with van der Waals surface area (Å²) in [6.45, 7) is 0. The number of rotatable bonds is 4. The number of benzene rings is 1. The van der Waals surface area contributed by atoms with Gasteiger partial charge in [0.05, 0.1) is 12.7 Å². The van der Waals surface area contributed by atoms with E-state index in [0.717, 1.165) is 0 Å². The van der Waals surface area contributed by atoms with Gasteiger partial charge >= 0.3 is 0 Å². The Morgan fingerprint density at radius 1 is 1.33 bits per heavy atom. The predicted molar refractivity (Wildman–Crippen MR) is 40.0 cm³/mol. The summed E-state index contributed by atoms with van der Waals surface area (Å²) in [7, 11) is 1.30. The van der Waals surface area contributed by atoms with Crippen molar-refractivity contribution in [2.75, 3.05) is 7.11 Å². The Balaban J connectivity index is 2.75. The fraction of sp³-hybridized carbons (Fsp3) is 0.125. The van der Waals surface area contributed by atoms with Crippen molar-refractivity contribution in [3.05, 3.63) is 29.8 Å². The number of carbonyl (C=O) groups excluding carboxylic acids is 1. The monoisotopic (exact) mass is 167 g/mol. The molecule has 4 heteroatoms. The first-order valence-electron chi connectivity index (χ1n) is 3.23. The molecule has 0 aliphatic carbocycles. The van der Waals surface area contributed by atoms with Crippen LogP contribution in [-0.2, 0) is 14.7 Å². The van der Waals surface area contributed by atoms with Crippen LogP contribution in [0.25, 0.3) is 0 Å². The first-order valence-corrected chi connectivity index (χ1v) is 3.23. The third kappa shape index (κ3) is 2.05. The van der Waals surface area contributed by atoms with Crippen molar-refractivity contribution < 1.29 is 19.6 Å². The van der Waals surface area contributed by atoms with Crippen molar-refractivity contribution in [1.29, 1.82) is 0 Å². The van der Waals surface area contributed by atoms with Crippen molar-refractivity contribution in [1.82, 2.24) is 0 Å². The molecular formula is C8H7O4. The average Bonchev–Trinajstić information content (AvgIpc) is 2.15. The fourth-order valence-corrected chi connectivity index (χ4v) is 0.694. The van der Waals surface area contributed by atoms with Crippen LogP contribution < -0.4 is 4.89 Å². The minimum Gasteiger partial charge on any atom is -0.308 e. The SMILES string of the molecule is COOOc1ccccc1[C]=O. The van der Waals surface area contributed by atoms with Crippen molar-refractivity contribution >= 4 is 6.29 Å². The van der Waals surface area contributed by atoms with E-state index in [4.69, 9.17) is 0 Å². The molecule has 0 unspecified atom stereocenters. The van der Waals surface area contributed by atoms with E-state index in [1.165, 1.54) is 7.11 Å². The zero-order chi connectivity index (χ0) is 8.81. The van der Waals surface area contributed by atoms with Gasteiger partial charge in [-0.2, -0.15) is 4.89 Å². The zero-order valence-corrected chi connectivity index (χ0v) is 6.44. The zero-order valence-electron chi connectivity index (χ0n) is 6.44. The molecule has 0 atom stereocenters. The minimum absolute atomic E-state index is 0.273. The van der Waals surface area contributed by atoms with E-state index in [1.54, 1.807) is 30.6 Å². The quantitative estimate of drug-likeness (QED) is 0.496. The lowest BCUT2D eigenvalue weighted by molar-refractivity contribution is -0.453. The Morgan fingerprint density at radius 2 is 2.08 bits per heavy atom. The Bertz CT molecular complexity index is 259. The molecule has 0 spiro atoms. The first kappa shape index (κ1) is 8.70. The standard InChI is InChI=1S/C8H7O4/c1-10-12-11-8-5-3-2-4-7(8)6-9/h2-5H,1H3. The molecule has 0 saturated heterocycles. The van der Waals surface area contributed by atoms with Gasteiger partial charge in [0.1, 0.15) is 0 Å². The van der Waals surface area contributed by atoms with Gasteiger partial charge in [-0.15, -0.1) is 0 Å². The second-order valence-corrected chi connectivity index (χ2v) is 1.92. The summed E-state index contributed by atoms with van der Waals surface area (Å²) < 4.78 is 0. The van der Waals surface area contributed by atoms with Crippen LogP contribution in [0.15, 0.2) is 24.3 Å². The van der Waals surface area contributed by atoms with Crippen LogP contribution in [0.5, 0.6) is 5.75 Å². The van der Waals surface area contributed by atoms with E-state index in [0.29, 0.717) is 0 Å². The molecule has 0 aromatic heterocycles. The van der Waals surface area contributed by atoms with Gasteiger partial charge in [-0.25, -0.2) is 0 Å². The molecule has 12 heavy (non-hydrogen) atoms. The molecule has 1 aromatic carbocycles. The lowest BCUT2D eigenvalue weighted by atomic mass is 10.2. The molecule has 0 amide bonds.